The van der Waals surface area contributed by atoms with Crippen LogP contribution in [-0.4, -0.2) is 70.9 Å². The highest BCUT2D eigenvalue weighted by Gasteiger charge is 2.25. The fourth-order valence-corrected chi connectivity index (χ4v) is 12.4. The fourth-order valence-electron chi connectivity index (χ4n) is 11.5. The van der Waals surface area contributed by atoms with Gasteiger partial charge in [-0.1, -0.05) is 160 Å². The zero-order valence-corrected chi connectivity index (χ0v) is 61.7. The standard InChI is InChI=1S/C20H18ClN3O2.C20H21ClN2O3.C20H19ClN2O3.C19H18ClFN2O2/c1-20(2,3)14-7-12(9-22)18-13(8-14)10-23-24(19(18)26)17-6-4-5-16(21)15(17)11-25;2*1-20(2,3)14-7-12-9-22-23(19(26)18(12)13(8-14)10-24)17-6-4-5-16(21)15(17)11-25;1-19(2,3)12-7-11-9-22-23(18(25)17(11)15(21)8-12)16-6-4-5-14(20)13(16)10-24/h4-8,10,25H,11H2,1-3H3;4-9,24-25H,10-11H2,1-3H3;4-10,25H,11H2,1-3H3;4-9,24H,10H2,1-3H3. The first-order chi connectivity index (χ1) is 48.6. The number of benzene rings is 8. The summed E-state index contributed by atoms with van der Waals surface area (Å²) in [6.45, 7) is 22.8. The summed E-state index contributed by atoms with van der Waals surface area (Å²) in [5, 5.41) is 79.4. The van der Waals surface area contributed by atoms with Crippen LogP contribution in [0.4, 0.5) is 4.39 Å². The number of fused-ring (bicyclic) bond motifs is 4. The van der Waals surface area contributed by atoms with Gasteiger partial charge in [0.25, 0.3) is 22.2 Å². The number of nitrogens with zero attached hydrogens (tertiary/aromatic N) is 9. The Hall–Kier alpha value is -9.63. The molecule has 0 amide bonds. The average molecular weight is 1470 g/mol. The third-order valence-electron chi connectivity index (χ3n) is 17.4. The first-order valence-electron chi connectivity index (χ1n) is 32.5. The highest BCUT2D eigenvalue weighted by atomic mass is 35.5. The van der Waals surface area contributed by atoms with Gasteiger partial charge < -0.3 is 25.5 Å². The van der Waals surface area contributed by atoms with Crippen LogP contribution in [0.1, 0.15) is 149 Å². The van der Waals surface area contributed by atoms with Gasteiger partial charge in [0, 0.05) is 69.5 Å². The van der Waals surface area contributed by atoms with E-state index in [1.807, 2.05) is 86.6 Å². The van der Waals surface area contributed by atoms with Gasteiger partial charge in [0.1, 0.15) is 5.82 Å². The number of hydrogen-bond donors (Lipinski definition) is 5. The maximum Gasteiger partial charge on any atom is 0.282 e. The number of carbonyl (C=O) groups is 1. The lowest BCUT2D eigenvalue weighted by Gasteiger charge is -2.21. The number of aliphatic hydroxyl groups excluding tert-OH is 5. The predicted molar refractivity (Wildman–Crippen MR) is 404 cm³/mol. The Balaban J connectivity index is 0.000000160. The van der Waals surface area contributed by atoms with Gasteiger partial charge in [-0.05, 0) is 140 Å². The van der Waals surface area contributed by atoms with Crippen LogP contribution in [0.25, 0.3) is 65.8 Å². The molecule has 0 saturated heterocycles. The summed E-state index contributed by atoms with van der Waals surface area (Å²) in [5.74, 6) is -0.587. The first kappa shape index (κ1) is 77.5. The predicted octanol–water partition coefficient (Wildman–Crippen LogP) is 14.6. The van der Waals surface area contributed by atoms with E-state index in [2.05, 4.69) is 47.2 Å². The minimum absolute atomic E-state index is 0.0353. The van der Waals surface area contributed by atoms with E-state index < -0.39 is 22.5 Å². The maximum atomic E-state index is 14.7. The molecule has 8 aromatic carbocycles. The summed E-state index contributed by atoms with van der Waals surface area (Å²) >= 11 is 24.5. The van der Waals surface area contributed by atoms with Crippen LogP contribution in [-0.2, 0) is 54.7 Å². The first-order valence-corrected chi connectivity index (χ1v) is 34.0. The Labute approximate surface area is 612 Å². The number of hydrogen-bond acceptors (Lipinski definition) is 15. The molecule has 4 aromatic heterocycles. The van der Waals surface area contributed by atoms with Crippen LogP contribution >= 0.6 is 46.4 Å². The van der Waals surface area contributed by atoms with Gasteiger partial charge in [0.05, 0.1) is 114 Å². The van der Waals surface area contributed by atoms with Gasteiger partial charge in [-0.2, -0.15) is 44.4 Å². The van der Waals surface area contributed by atoms with Crippen LogP contribution in [0.3, 0.4) is 0 Å². The van der Waals surface area contributed by atoms with Crippen LogP contribution < -0.4 is 22.2 Å². The van der Waals surface area contributed by atoms with Crippen molar-refractivity contribution in [1.82, 2.24) is 39.1 Å². The van der Waals surface area contributed by atoms with Gasteiger partial charge in [-0.15, -0.1) is 0 Å². The second-order valence-electron chi connectivity index (χ2n) is 28.5. The Morgan fingerprint density at radius 2 is 0.699 bits per heavy atom. The average Bonchev–Trinajstić information content (AvgIpc) is 0.777. The van der Waals surface area contributed by atoms with Crippen molar-refractivity contribution in [3.8, 4) is 28.8 Å². The van der Waals surface area contributed by atoms with E-state index in [1.165, 1.54) is 26.3 Å². The molecule has 4 heterocycles. The number of aldehydes is 1. The minimum Gasteiger partial charge on any atom is -0.392 e. The molecule has 103 heavy (non-hydrogen) atoms. The summed E-state index contributed by atoms with van der Waals surface area (Å²) in [6, 6.07) is 36.2. The lowest BCUT2D eigenvalue weighted by Crippen LogP contribution is -2.24. The zero-order valence-electron chi connectivity index (χ0n) is 58.7. The van der Waals surface area contributed by atoms with E-state index in [1.54, 1.807) is 110 Å². The zero-order chi connectivity index (χ0) is 75.5. The second-order valence-corrected chi connectivity index (χ2v) is 30.1. The number of halogens is 5. The SMILES string of the molecule is CC(C)(C)c1cc(C#N)c2c(=O)n(-c3cccc(Cl)c3CO)ncc2c1.CC(C)(C)c1cc(C=O)c2c(=O)n(-c3cccc(Cl)c3CO)ncc2c1.CC(C)(C)c1cc(CO)c2c(=O)n(-c3cccc(Cl)c3CO)ncc2c1.CC(C)(C)c1cc(F)c2c(=O)n(-c3cccc(Cl)c3CO)ncc2c1. The molecule has 0 bridgehead atoms. The molecule has 0 radical (unpaired) electrons. The van der Waals surface area contributed by atoms with Gasteiger partial charge in [-0.25, -0.2) is 4.39 Å². The molecule has 0 fully saturated rings. The largest absolute Gasteiger partial charge is 0.392 e. The number of aliphatic hydroxyl groups is 5. The fraction of sp³-hybridized carbons (Fsp3) is 0.266. The minimum atomic E-state index is -0.590. The van der Waals surface area contributed by atoms with Crippen molar-refractivity contribution in [1.29, 1.82) is 5.26 Å². The van der Waals surface area contributed by atoms with Crippen LogP contribution in [0.15, 0.2) is 165 Å². The number of rotatable bonds is 10. The van der Waals surface area contributed by atoms with Gasteiger partial charge in [0.2, 0.25) is 0 Å². The van der Waals surface area contributed by atoms with Crippen molar-refractivity contribution in [2.24, 2.45) is 0 Å². The van der Waals surface area contributed by atoms with Crippen LogP contribution in [0.5, 0.6) is 0 Å². The Kier molecular flexibility index (Phi) is 23.4. The molecule has 5 N–H and O–H groups in total. The molecular weight excluding hydrogens is 1400 g/mol. The van der Waals surface area contributed by atoms with Crippen molar-refractivity contribution in [3.05, 3.63) is 275 Å². The van der Waals surface area contributed by atoms with Crippen molar-refractivity contribution in [3.63, 3.8) is 0 Å². The van der Waals surface area contributed by atoms with Crippen LogP contribution in [0.2, 0.25) is 20.1 Å². The highest BCUT2D eigenvalue weighted by Crippen LogP contribution is 2.34. The maximum absolute atomic E-state index is 14.7. The van der Waals surface area contributed by atoms with E-state index in [9.17, 15) is 59.2 Å². The lowest BCUT2D eigenvalue weighted by molar-refractivity contribution is 0.112. The van der Waals surface area contributed by atoms with Crippen molar-refractivity contribution < 1.29 is 34.7 Å². The second kappa shape index (κ2) is 31.1. The molecule has 0 aliphatic rings. The quantitative estimate of drug-likeness (QED) is 0.0796. The molecule has 0 spiro atoms. The summed E-state index contributed by atoms with van der Waals surface area (Å²) in [7, 11) is 0. The van der Waals surface area contributed by atoms with Gasteiger partial charge in [-0.3, -0.25) is 24.0 Å². The molecule has 532 valence electrons. The summed E-state index contributed by atoms with van der Waals surface area (Å²) in [4.78, 5) is 63.7. The molecule has 0 unspecified atom stereocenters. The molecule has 24 heteroatoms. The molecule has 12 rings (SSSR count). The topological polar surface area (TPSA) is 282 Å². The molecule has 0 atom stereocenters. The number of carbonyl (C=O) groups excluding carboxylic acids is 1. The van der Waals surface area contributed by atoms with E-state index >= 15 is 0 Å². The molecule has 0 aliphatic heterocycles. The van der Waals surface area contributed by atoms with Crippen molar-refractivity contribution >= 4 is 95.8 Å². The van der Waals surface area contributed by atoms with Gasteiger partial charge >= 0.3 is 0 Å². The Bertz CT molecular complexity index is 5600. The van der Waals surface area contributed by atoms with Crippen molar-refractivity contribution in [2.75, 3.05) is 0 Å². The third kappa shape index (κ3) is 16.1. The Morgan fingerprint density at radius 3 is 1.03 bits per heavy atom. The molecule has 19 nitrogen and oxygen atoms in total. The molecule has 0 aliphatic carbocycles. The van der Waals surface area contributed by atoms with E-state index in [0.29, 0.717) is 126 Å². The molecular formula is C79H76Cl4FN9O10. The monoisotopic (exact) mass is 1470 g/mol. The van der Waals surface area contributed by atoms with Crippen molar-refractivity contribution in [2.45, 2.75) is 138 Å². The van der Waals surface area contributed by atoms with E-state index in [4.69, 9.17) is 46.4 Å². The third-order valence-corrected chi connectivity index (χ3v) is 18.8. The van der Waals surface area contributed by atoms with Gasteiger partial charge in [0.15, 0.2) is 6.29 Å². The lowest BCUT2D eigenvalue weighted by atomic mass is 9.85. The van der Waals surface area contributed by atoms with Crippen LogP contribution in [0, 0.1) is 17.1 Å². The highest BCUT2D eigenvalue weighted by molar-refractivity contribution is 6.32. The summed E-state index contributed by atoms with van der Waals surface area (Å²) < 4.78 is 19.3. The van der Waals surface area contributed by atoms with E-state index in [-0.39, 0.29) is 65.6 Å². The Morgan fingerprint density at radius 1 is 0.408 bits per heavy atom. The normalized spacial score (nSPS) is 11.8. The number of aromatic nitrogens is 8. The molecule has 0 saturated carbocycles. The summed E-state index contributed by atoms with van der Waals surface area (Å²) in [6.07, 6.45) is 6.87. The van der Waals surface area contributed by atoms with E-state index in [0.717, 1.165) is 26.9 Å². The summed E-state index contributed by atoms with van der Waals surface area (Å²) in [5.41, 5.74) is 5.56. The molecule has 12 aromatic rings. The smallest absolute Gasteiger partial charge is 0.282 e. The number of nitriles is 1.